The highest BCUT2D eigenvalue weighted by atomic mass is 19.3. The fourth-order valence-corrected chi connectivity index (χ4v) is 1.47. The lowest BCUT2D eigenvalue weighted by molar-refractivity contribution is 0.0878. The van der Waals surface area contributed by atoms with Gasteiger partial charge in [-0.1, -0.05) is 6.07 Å². The molecule has 0 amide bonds. The van der Waals surface area contributed by atoms with Gasteiger partial charge in [0.05, 0.1) is 12.1 Å². The number of Topliss-reactive ketones (excluding diaryl/α,β-unsaturated/α-hetero) is 1. The molecule has 0 heterocycles. The molecule has 1 aromatic carbocycles. The summed E-state index contributed by atoms with van der Waals surface area (Å²) in [5.41, 5.74) is -0.347. The van der Waals surface area contributed by atoms with Gasteiger partial charge in [0.15, 0.2) is 17.4 Å². The Morgan fingerprint density at radius 1 is 1.33 bits per heavy atom. The first kappa shape index (κ1) is 14.6. The van der Waals surface area contributed by atoms with Crippen molar-refractivity contribution in [3.05, 3.63) is 35.4 Å². The zero-order valence-corrected chi connectivity index (χ0v) is 9.80. The van der Waals surface area contributed by atoms with Crippen molar-refractivity contribution in [2.24, 2.45) is 0 Å². The van der Waals surface area contributed by atoms with E-state index in [0.29, 0.717) is 0 Å². The van der Waals surface area contributed by atoms with Crippen LogP contribution >= 0.6 is 0 Å². The Balaban J connectivity index is 2.58. The standard InChI is InChI=1S/C12H13F4NO/c1-17(7-11(14)15)6-5-10(18)8-3-2-4-9(13)12(8)16/h2-4,11H,5-7H2,1H3. The molecule has 18 heavy (non-hydrogen) atoms. The molecule has 100 valence electrons. The van der Waals surface area contributed by atoms with Gasteiger partial charge in [0.2, 0.25) is 0 Å². The molecular weight excluding hydrogens is 250 g/mol. The fourth-order valence-electron chi connectivity index (χ4n) is 1.47. The van der Waals surface area contributed by atoms with Crippen LogP contribution in [0.4, 0.5) is 17.6 Å². The van der Waals surface area contributed by atoms with Crippen molar-refractivity contribution in [3.63, 3.8) is 0 Å². The predicted octanol–water partition coefficient (Wildman–Crippen LogP) is 2.73. The molecule has 0 aromatic heterocycles. The maximum atomic E-state index is 13.3. The van der Waals surface area contributed by atoms with Crippen LogP contribution in [0.1, 0.15) is 16.8 Å². The molecule has 1 aromatic rings. The molecular formula is C12H13F4NO. The molecule has 0 bridgehead atoms. The molecule has 0 aliphatic rings. The first-order chi connectivity index (χ1) is 8.41. The highest BCUT2D eigenvalue weighted by Gasteiger charge is 2.16. The number of hydrogen-bond donors (Lipinski definition) is 0. The molecule has 0 aliphatic heterocycles. The van der Waals surface area contributed by atoms with Crippen LogP contribution in [-0.4, -0.2) is 37.2 Å². The molecule has 0 saturated heterocycles. The molecule has 2 nitrogen and oxygen atoms in total. The average Bonchev–Trinajstić information content (AvgIpc) is 2.29. The van der Waals surface area contributed by atoms with E-state index in [-0.39, 0.29) is 18.5 Å². The Morgan fingerprint density at radius 2 is 2.00 bits per heavy atom. The number of nitrogens with zero attached hydrogens (tertiary/aromatic N) is 1. The smallest absolute Gasteiger partial charge is 0.251 e. The molecule has 0 radical (unpaired) electrons. The van der Waals surface area contributed by atoms with Crippen LogP contribution in [0, 0.1) is 11.6 Å². The summed E-state index contributed by atoms with van der Waals surface area (Å²) in [7, 11) is 1.43. The summed E-state index contributed by atoms with van der Waals surface area (Å²) in [5.74, 6) is -2.89. The van der Waals surface area contributed by atoms with Crippen LogP contribution in [0.2, 0.25) is 0 Å². The minimum Gasteiger partial charge on any atom is -0.300 e. The van der Waals surface area contributed by atoms with Gasteiger partial charge in [-0.05, 0) is 19.2 Å². The lowest BCUT2D eigenvalue weighted by atomic mass is 10.1. The normalized spacial score (nSPS) is 11.3. The van der Waals surface area contributed by atoms with E-state index in [1.54, 1.807) is 0 Å². The average molecular weight is 263 g/mol. The van der Waals surface area contributed by atoms with Gasteiger partial charge >= 0.3 is 0 Å². The molecule has 0 unspecified atom stereocenters. The van der Waals surface area contributed by atoms with Crippen LogP contribution in [0.15, 0.2) is 18.2 Å². The second kappa shape index (κ2) is 6.49. The number of rotatable bonds is 6. The van der Waals surface area contributed by atoms with E-state index in [9.17, 15) is 22.4 Å². The number of carbonyl (C=O) groups is 1. The van der Waals surface area contributed by atoms with Gasteiger partial charge in [0.1, 0.15) is 0 Å². The van der Waals surface area contributed by atoms with Gasteiger partial charge in [0, 0.05) is 13.0 Å². The van der Waals surface area contributed by atoms with Crippen LogP contribution in [0.5, 0.6) is 0 Å². The van der Waals surface area contributed by atoms with Crippen LogP contribution in [0.25, 0.3) is 0 Å². The van der Waals surface area contributed by atoms with Gasteiger partial charge in [-0.15, -0.1) is 0 Å². The molecule has 0 N–H and O–H groups in total. The first-order valence-electron chi connectivity index (χ1n) is 5.35. The molecule has 0 atom stereocenters. The largest absolute Gasteiger partial charge is 0.300 e. The zero-order chi connectivity index (χ0) is 13.7. The number of hydrogen-bond acceptors (Lipinski definition) is 2. The Morgan fingerprint density at radius 3 is 2.61 bits per heavy atom. The van der Waals surface area contributed by atoms with Gasteiger partial charge in [-0.25, -0.2) is 17.6 Å². The molecule has 6 heteroatoms. The summed E-state index contributed by atoms with van der Waals surface area (Å²) in [4.78, 5) is 12.9. The van der Waals surface area contributed by atoms with Crippen molar-refractivity contribution in [2.75, 3.05) is 20.1 Å². The van der Waals surface area contributed by atoms with Gasteiger partial charge in [-0.2, -0.15) is 0 Å². The van der Waals surface area contributed by atoms with E-state index in [1.807, 2.05) is 0 Å². The van der Waals surface area contributed by atoms with E-state index < -0.39 is 30.4 Å². The Bertz CT molecular complexity index is 423. The second-order valence-electron chi connectivity index (χ2n) is 3.93. The van der Waals surface area contributed by atoms with Crippen molar-refractivity contribution < 1.29 is 22.4 Å². The predicted molar refractivity (Wildman–Crippen MR) is 58.8 cm³/mol. The quantitative estimate of drug-likeness (QED) is 0.581. The van der Waals surface area contributed by atoms with E-state index in [4.69, 9.17) is 0 Å². The van der Waals surface area contributed by atoms with Gasteiger partial charge in [0.25, 0.3) is 6.43 Å². The van der Waals surface area contributed by atoms with E-state index in [2.05, 4.69) is 0 Å². The van der Waals surface area contributed by atoms with Gasteiger partial charge < -0.3 is 4.90 Å². The number of ketones is 1. The Kier molecular flexibility index (Phi) is 5.27. The number of carbonyl (C=O) groups excluding carboxylic acids is 1. The number of alkyl halides is 2. The topological polar surface area (TPSA) is 20.3 Å². The fraction of sp³-hybridized carbons (Fsp3) is 0.417. The minimum absolute atomic E-state index is 0.0686. The summed E-state index contributed by atoms with van der Waals surface area (Å²) < 4.78 is 50.2. The lowest BCUT2D eigenvalue weighted by Gasteiger charge is -2.15. The first-order valence-corrected chi connectivity index (χ1v) is 5.35. The third-order valence-electron chi connectivity index (χ3n) is 2.42. The van der Waals surface area contributed by atoms with E-state index in [0.717, 1.165) is 6.07 Å². The molecule has 0 aliphatic carbocycles. The SMILES string of the molecule is CN(CCC(=O)c1cccc(F)c1F)CC(F)F. The van der Waals surface area contributed by atoms with Crippen LogP contribution < -0.4 is 0 Å². The maximum Gasteiger partial charge on any atom is 0.251 e. The molecule has 0 fully saturated rings. The highest BCUT2D eigenvalue weighted by molar-refractivity contribution is 5.96. The summed E-state index contributed by atoms with van der Waals surface area (Å²) >= 11 is 0. The summed E-state index contributed by atoms with van der Waals surface area (Å²) in [6.07, 6.45) is -2.63. The zero-order valence-electron chi connectivity index (χ0n) is 9.80. The third-order valence-corrected chi connectivity index (χ3v) is 2.42. The van der Waals surface area contributed by atoms with Crippen molar-refractivity contribution >= 4 is 5.78 Å². The van der Waals surface area contributed by atoms with Gasteiger partial charge in [-0.3, -0.25) is 4.79 Å². The van der Waals surface area contributed by atoms with Crippen LogP contribution in [0.3, 0.4) is 0 Å². The van der Waals surface area contributed by atoms with Crippen molar-refractivity contribution in [3.8, 4) is 0 Å². The summed E-state index contributed by atoms with van der Waals surface area (Å²) in [5, 5.41) is 0. The third kappa shape index (κ3) is 4.10. The number of halogens is 4. The summed E-state index contributed by atoms with van der Waals surface area (Å²) in [6, 6.07) is 3.32. The Labute approximate surface area is 102 Å². The van der Waals surface area contributed by atoms with Crippen LogP contribution in [-0.2, 0) is 0 Å². The van der Waals surface area contributed by atoms with Crippen molar-refractivity contribution in [2.45, 2.75) is 12.8 Å². The number of benzene rings is 1. The molecule has 0 spiro atoms. The van der Waals surface area contributed by atoms with E-state index >= 15 is 0 Å². The van der Waals surface area contributed by atoms with Crippen molar-refractivity contribution in [1.82, 2.24) is 4.90 Å². The molecule has 0 saturated carbocycles. The monoisotopic (exact) mass is 263 g/mol. The summed E-state index contributed by atoms with van der Waals surface area (Å²) in [6.45, 7) is -0.391. The second-order valence-corrected chi connectivity index (χ2v) is 3.93. The molecule has 1 rings (SSSR count). The van der Waals surface area contributed by atoms with Crippen molar-refractivity contribution in [1.29, 1.82) is 0 Å². The highest BCUT2D eigenvalue weighted by Crippen LogP contribution is 2.13. The maximum absolute atomic E-state index is 13.3. The minimum atomic E-state index is -2.49. The lowest BCUT2D eigenvalue weighted by Crippen LogP contribution is -2.27. The van der Waals surface area contributed by atoms with E-state index in [1.165, 1.54) is 24.1 Å². The Hall–Kier alpha value is -1.43.